The zero-order valence-electron chi connectivity index (χ0n) is 10.5. The number of hydrogen-bond donors (Lipinski definition) is 2. The van der Waals surface area contributed by atoms with Crippen LogP contribution in [0.5, 0.6) is 11.5 Å². The molecular formula is C13H17ClN2O3. The largest absolute Gasteiger partial charge is 0.454 e. The minimum atomic E-state index is -0.0537. The summed E-state index contributed by atoms with van der Waals surface area (Å²) in [5.41, 5.74) is 0.616. The first-order valence-corrected chi connectivity index (χ1v) is 6.24. The van der Waals surface area contributed by atoms with Crippen molar-refractivity contribution >= 4 is 18.3 Å². The molecule has 3 rings (SSSR count). The Labute approximate surface area is 118 Å². The van der Waals surface area contributed by atoms with Crippen LogP contribution in [0.25, 0.3) is 0 Å². The fourth-order valence-electron chi connectivity index (χ4n) is 2.28. The summed E-state index contributed by atoms with van der Waals surface area (Å²) in [6.45, 7) is 2.11. The molecule has 2 N–H and O–H groups in total. The van der Waals surface area contributed by atoms with Crippen LogP contribution >= 0.6 is 12.4 Å². The van der Waals surface area contributed by atoms with E-state index in [1.807, 2.05) is 0 Å². The van der Waals surface area contributed by atoms with Crippen molar-refractivity contribution in [3.05, 3.63) is 23.8 Å². The van der Waals surface area contributed by atoms with E-state index in [1.54, 1.807) is 18.2 Å². The Morgan fingerprint density at radius 1 is 1.32 bits per heavy atom. The number of nitrogens with one attached hydrogen (secondary N) is 2. The molecule has 1 fully saturated rings. The molecule has 104 valence electrons. The van der Waals surface area contributed by atoms with Crippen LogP contribution < -0.4 is 20.1 Å². The Morgan fingerprint density at radius 2 is 2.16 bits per heavy atom. The van der Waals surface area contributed by atoms with Crippen LogP contribution in [-0.2, 0) is 0 Å². The molecule has 0 radical (unpaired) electrons. The number of hydrogen-bond acceptors (Lipinski definition) is 4. The van der Waals surface area contributed by atoms with E-state index in [0.29, 0.717) is 17.1 Å². The zero-order chi connectivity index (χ0) is 12.4. The summed E-state index contributed by atoms with van der Waals surface area (Å²) in [7, 11) is 0. The van der Waals surface area contributed by atoms with Crippen molar-refractivity contribution < 1.29 is 14.3 Å². The van der Waals surface area contributed by atoms with Gasteiger partial charge in [-0.2, -0.15) is 0 Å². The Morgan fingerprint density at radius 3 is 2.95 bits per heavy atom. The van der Waals surface area contributed by atoms with Crippen molar-refractivity contribution in [2.24, 2.45) is 0 Å². The third-order valence-electron chi connectivity index (χ3n) is 3.27. The van der Waals surface area contributed by atoms with Crippen molar-refractivity contribution in [2.75, 3.05) is 19.9 Å². The van der Waals surface area contributed by atoms with Gasteiger partial charge in [-0.3, -0.25) is 4.79 Å². The molecule has 19 heavy (non-hydrogen) atoms. The minimum Gasteiger partial charge on any atom is -0.454 e. The maximum absolute atomic E-state index is 12.1. The third kappa shape index (κ3) is 3.11. The number of fused-ring (bicyclic) bond motifs is 1. The molecule has 0 spiro atoms. The van der Waals surface area contributed by atoms with Crippen LogP contribution in [0.4, 0.5) is 0 Å². The Hall–Kier alpha value is -1.46. The van der Waals surface area contributed by atoms with Gasteiger partial charge in [0.15, 0.2) is 11.5 Å². The number of carbonyl (C=O) groups excluding carboxylic acids is 1. The van der Waals surface area contributed by atoms with Gasteiger partial charge in [0.25, 0.3) is 5.91 Å². The first-order valence-electron chi connectivity index (χ1n) is 6.24. The smallest absolute Gasteiger partial charge is 0.251 e. The summed E-state index contributed by atoms with van der Waals surface area (Å²) < 4.78 is 10.5. The van der Waals surface area contributed by atoms with Crippen molar-refractivity contribution in [3.63, 3.8) is 0 Å². The van der Waals surface area contributed by atoms with Crippen molar-refractivity contribution in [1.29, 1.82) is 0 Å². The topological polar surface area (TPSA) is 59.6 Å². The fraction of sp³-hybridized carbons (Fsp3) is 0.462. The molecular weight excluding hydrogens is 268 g/mol. The van der Waals surface area contributed by atoms with Gasteiger partial charge in [0.2, 0.25) is 6.79 Å². The van der Waals surface area contributed by atoms with Crippen LogP contribution in [0.2, 0.25) is 0 Å². The lowest BCUT2D eigenvalue weighted by molar-refractivity contribution is 0.0930. The van der Waals surface area contributed by atoms with Gasteiger partial charge in [-0.15, -0.1) is 12.4 Å². The van der Waals surface area contributed by atoms with Gasteiger partial charge < -0.3 is 20.1 Å². The number of benzene rings is 1. The summed E-state index contributed by atoms with van der Waals surface area (Å²) >= 11 is 0. The molecule has 2 aliphatic heterocycles. The summed E-state index contributed by atoms with van der Waals surface area (Å²) in [5, 5.41) is 6.30. The quantitative estimate of drug-likeness (QED) is 0.860. The van der Waals surface area contributed by atoms with Crippen LogP contribution in [0, 0.1) is 0 Å². The van der Waals surface area contributed by atoms with Crippen LogP contribution in [0.3, 0.4) is 0 Å². The number of rotatable bonds is 2. The number of carbonyl (C=O) groups is 1. The van der Waals surface area contributed by atoms with E-state index in [0.717, 1.165) is 25.9 Å². The van der Waals surface area contributed by atoms with E-state index < -0.39 is 0 Å². The van der Waals surface area contributed by atoms with Gasteiger partial charge >= 0.3 is 0 Å². The lowest BCUT2D eigenvalue weighted by atomic mass is 10.1. The molecule has 1 aromatic rings. The molecule has 1 aromatic carbocycles. The zero-order valence-corrected chi connectivity index (χ0v) is 11.3. The maximum Gasteiger partial charge on any atom is 0.251 e. The number of ether oxygens (including phenoxy) is 2. The molecule has 5 nitrogen and oxygen atoms in total. The second kappa shape index (κ2) is 6.12. The van der Waals surface area contributed by atoms with E-state index >= 15 is 0 Å². The van der Waals surface area contributed by atoms with E-state index in [4.69, 9.17) is 9.47 Å². The number of amides is 1. The molecule has 2 heterocycles. The van der Waals surface area contributed by atoms with Gasteiger partial charge in [0.05, 0.1) is 0 Å². The van der Waals surface area contributed by atoms with Gasteiger partial charge in [0.1, 0.15) is 0 Å². The molecule has 0 bridgehead atoms. The average molecular weight is 285 g/mol. The molecule has 1 unspecified atom stereocenters. The van der Waals surface area contributed by atoms with Crippen LogP contribution in [-0.4, -0.2) is 31.8 Å². The first kappa shape index (κ1) is 14.0. The molecule has 1 saturated heterocycles. The van der Waals surface area contributed by atoms with Crippen molar-refractivity contribution in [3.8, 4) is 11.5 Å². The Kier molecular flexibility index (Phi) is 4.50. The Balaban J connectivity index is 0.00000133. The highest BCUT2D eigenvalue weighted by molar-refractivity contribution is 5.95. The maximum atomic E-state index is 12.1. The van der Waals surface area contributed by atoms with E-state index in [2.05, 4.69) is 10.6 Å². The van der Waals surface area contributed by atoms with Gasteiger partial charge in [-0.05, 0) is 37.6 Å². The summed E-state index contributed by atoms with van der Waals surface area (Å²) in [6, 6.07) is 5.49. The molecule has 0 aliphatic carbocycles. The summed E-state index contributed by atoms with van der Waals surface area (Å²) in [5.74, 6) is 1.29. The van der Waals surface area contributed by atoms with Crippen molar-refractivity contribution in [1.82, 2.24) is 10.6 Å². The standard InChI is InChI=1S/C13H16N2O3.ClH/c16-13(15-10-2-1-5-14-7-10)9-3-4-11-12(6-9)18-8-17-11;/h3-4,6,10,14H,1-2,5,7-8H2,(H,15,16);1H. The SMILES string of the molecule is Cl.O=C(NC1CCCNC1)c1ccc2c(c1)OCO2. The number of piperidine rings is 1. The highest BCUT2D eigenvalue weighted by Gasteiger charge is 2.19. The monoisotopic (exact) mass is 284 g/mol. The molecule has 2 aliphatic rings. The summed E-state index contributed by atoms with van der Waals surface area (Å²) in [4.78, 5) is 12.1. The lowest BCUT2D eigenvalue weighted by Crippen LogP contribution is -2.45. The van der Waals surface area contributed by atoms with E-state index in [9.17, 15) is 4.79 Å². The lowest BCUT2D eigenvalue weighted by Gasteiger charge is -2.23. The van der Waals surface area contributed by atoms with E-state index in [-0.39, 0.29) is 31.1 Å². The molecule has 0 saturated carbocycles. The molecule has 6 heteroatoms. The van der Waals surface area contributed by atoms with Crippen LogP contribution in [0.1, 0.15) is 23.2 Å². The second-order valence-electron chi connectivity index (χ2n) is 4.58. The van der Waals surface area contributed by atoms with E-state index in [1.165, 1.54) is 0 Å². The predicted octanol–water partition coefficient (Wildman–Crippen LogP) is 1.32. The highest BCUT2D eigenvalue weighted by Crippen LogP contribution is 2.32. The molecule has 1 amide bonds. The second-order valence-corrected chi connectivity index (χ2v) is 4.58. The summed E-state index contributed by atoms with van der Waals surface area (Å²) in [6.07, 6.45) is 2.13. The predicted molar refractivity (Wildman–Crippen MR) is 73.2 cm³/mol. The van der Waals surface area contributed by atoms with Crippen LogP contribution in [0.15, 0.2) is 18.2 Å². The first-order chi connectivity index (χ1) is 8.83. The third-order valence-corrected chi connectivity index (χ3v) is 3.27. The highest BCUT2D eigenvalue weighted by atomic mass is 35.5. The molecule has 0 aromatic heterocycles. The molecule has 1 atom stereocenters. The Bertz CT molecular complexity index is 461. The van der Waals surface area contributed by atoms with Crippen molar-refractivity contribution in [2.45, 2.75) is 18.9 Å². The fourth-order valence-corrected chi connectivity index (χ4v) is 2.28. The van der Waals surface area contributed by atoms with Gasteiger partial charge in [-0.25, -0.2) is 0 Å². The van der Waals surface area contributed by atoms with Gasteiger partial charge in [0, 0.05) is 18.2 Å². The number of halogens is 1. The normalized spacial score (nSPS) is 20.5. The van der Waals surface area contributed by atoms with Gasteiger partial charge in [-0.1, -0.05) is 0 Å². The average Bonchev–Trinajstić information content (AvgIpc) is 2.87. The minimum absolute atomic E-state index is 0.